The second kappa shape index (κ2) is 6.35. The number of benzene rings is 2. The highest BCUT2D eigenvalue weighted by atomic mass is 19.4. The Morgan fingerprint density at radius 1 is 0.926 bits per heavy atom. The summed E-state index contributed by atoms with van der Waals surface area (Å²) in [4.78, 5) is 4.26. The Hall–Kier alpha value is -3.49. The third-order valence-corrected chi connectivity index (χ3v) is 4.04. The third kappa shape index (κ3) is 3.19. The van der Waals surface area contributed by atoms with Gasteiger partial charge in [-0.05, 0) is 25.1 Å². The SMILES string of the molecule is Cc1nnc(-c2ccccc2C(F)(F)F)nc1Nc1n[nH]c2ccccc12. The molecule has 4 aromatic rings. The van der Waals surface area contributed by atoms with E-state index in [-0.39, 0.29) is 17.2 Å². The van der Waals surface area contributed by atoms with Crippen LogP contribution in [0.5, 0.6) is 0 Å². The highest BCUT2D eigenvalue weighted by Gasteiger charge is 2.34. The van der Waals surface area contributed by atoms with Crippen LogP contribution in [0.4, 0.5) is 24.8 Å². The first kappa shape index (κ1) is 17.0. The van der Waals surface area contributed by atoms with Gasteiger partial charge in [0, 0.05) is 10.9 Å². The predicted octanol–water partition coefficient (Wildman–Crippen LogP) is 4.49. The molecule has 6 nitrogen and oxygen atoms in total. The lowest BCUT2D eigenvalue weighted by Gasteiger charge is -2.12. The number of anilines is 2. The maximum Gasteiger partial charge on any atom is 0.417 e. The van der Waals surface area contributed by atoms with Gasteiger partial charge in [-0.2, -0.15) is 18.3 Å². The molecule has 0 atom stereocenters. The molecule has 0 aliphatic rings. The minimum absolute atomic E-state index is 0.115. The zero-order valence-electron chi connectivity index (χ0n) is 14.0. The van der Waals surface area contributed by atoms with E-state index in [1.165, 1.54) is 18.2 Å². The van der Waals surface area contributed by atoms with Crippen LogP contribution >= 0.6 is 0 Å². The quantitative estimate of drug-likeness (QED) is 0.556. The molecule has 0 bridgehead atoms. The number of H-pyrrole nitrogens is 1. The fourth-order valence-electron chi connectivity index (χ4n) is 2.71. The van der Waals surface area contributed by atoms with Gasteiger partial charge < -0.3 is 5.32 Å². The average molecular weight is 370 g/mol. The molecule has 0 aliphatic carbocycles. The van der Waals surface area contributed by atoms with Crippen LogP contribution in [-0.4, -0.2) is 25.4 Å². The Labute approximate surface area is 151 Å². The first-order chi connectivity index (χ1) is 12.9. The van der Waals surface area contributed by atoms with Gasteiger partial charge in [0.25, 0.3) is 0 Å². The number of aryl methyl sites for hydroxylation is 1. The number of hydrogen-bond donors (Lipinski definition) is 2. The van der Waals surface area contributed by atoms with Crippen LogP contribution in [0.2, 0.25) is 0 Å². The Morgan fingerprint density at radius 2 is 1.67 bits per heavy atom. The monoisotopic (exact) mass is 370 g/mol. The van der Waals surface area contributed by atoms with Crippen molar-refractivity contribution in [1.82, 2.24) is 25.4 Å². The zero-order chi connectivity index (χ0) is 19.0. The zero-order valence-corrected chi connectivity index (χ0v) is 14.0. The fraction of sp³-hybridized carbons (Fsp3) is 0.111. The number of aromatic amines is 1. The van der Waals surface area contributed by atoms with Crippen molar-refractivity contribution < 1.29 is 13.2 Å². The lowest BCUT2D eigenvalue weighted by Crippen LogP contribution is -2.09. The number of nitrogens with one attached hydrogen (secondary N) is 2. The lowest BCUT2D eigenvalue weighted by atomic mass is 10.1. The van der Waals surface area contributed by atoms with E-state index in [2.05, 4.69) is 30.7 Å². The van der Waals surface area contributed by atoms with Crippen molar-refractivity contribution in [2.45, 2.75) is 13.1 Å². The highest BCUT2D eigenvalue weighted by Crippen LogP contribution is 2.36. The molecule has 2 N–H and O–H groups in total. The van der Waals surface area contributed by atoms with Crippen LogP contribution < -0.4 is 5.32 Å². The standard InChI is InChI=1S/C18H13F3N6/c1-10-15(23-17-12-7-3-5-9-14(12)25-27-17)22-16(26-24-10)11-6-2-4-8-13(11)18(19,20)21/h2-9H,1H3,(H2,22,23,25,26,27). The van der Waals surface area contributed by atoms with E-state index in [1.807, 2.05) is 24.3 Å². The molecule has 2 heterocycles. The van der Waals surface area contributed by atoms with E-state index in [1.54, 1.807) is 6.92 Å². The molecule has 136 valence electrons. The number of halogens is 3. The summed E-state index contributed by atoms with van der Waals surface area (Å²) in [6, 6.07) is 12.6. The van der Waals surface area contributed by atoms with Crippen LogP contribution in [0.15, 0.2) is 48.5 Å². The molecule has 2 aromatic carbocycles. The van der Waals surface area contributed by atoms with Crippen molar-refractivity contribution in [2.75, 3.05) is 5.32 Å². The Morgan fingerprint density at radius 3 is 2.48 bits per heavy atom. The van der Waals surface area contributed by atoms with Crippen LogP contribution in [0.1, 0.15) is 11.3 Å². The molecule has 0 unspecified atom stereocenters. The molecule has 27 heavy (non-hydrogen) atoms. The van der Waals surface area contributed by atoms with Crippen molar-refractivity contribution >= 4 is 22.5 Å². The number of rotatable bonds is 3. The molecule has 4 rings (SSSR count). The molecule has 0 amide bonds. The van der Waals surface area contributed by atoms with Crippen molar-refractivity contribution in [3.63, 3.8) is 0 Å². The lowest BCUT2D eigenvalue weighted by molar-refractivity contribution is -0.137. The van der Waals surface area contributed by atoms with Gasteiger partial charge in [0.1, 0.15) is 5.69 Å². The van der Waals surface area contributed by atoms with E-state index in [9.17, 15) is 13.2 Å². The minimum atomic E-state index is -4.52. The predicted molar refractivity (Wildman–Crippen MR) is 94.4 cm³/mol. The van der Waals surface area contributed by atoms with Gasteiger partial charge in [-0.1, -0.05) is 30.3 Å². The minimum Gasteiger partial charge on any atom is -0.321 e. The molecule has 0 spiro atoms. The van der Waals surface area contributed by atoms with Gasteiger partial charge in [0.05, 0.1) is 11.1 Å². The number of nitrogens with zero attached hydrogens (tertiary/aromatic N) is 4. The number of aromatic nitrogens is 5. The van der Waals surface area contributed by atoms with E-state index in [0.29, 0.717) is 11.5 Å². The molecule has 0 saturated heterocycles. The second-order valence-corrected chi connectivity index (χ2v) is 5.86. The largest absolute Gasteiger partial charge is 0.417 e. The normalized spacial score (nSPS) is 11.7. The fourth-order valence-corrected chi connectivity index (χ4v) is 2.71. The summed E-state index contributed by atoms with van der Waals surface area (Å²) in [5.41, 5.74) is 0.317. The summed E-state index contributed by atoms with van der Waals surface area (Å²) >= 11 is 0. The molecule has 9 heteroatoms. The Bertz CT molecular complexity index is 1120. The van der Waals surface area contributed by atoms with Gasteiger partial charge in [0.15, 0.2) is 17.5 Å². The smallest absolute Gasteiger partial charge is 0.321 e. The Kier molecular flexibility index (Phi) is 3.98. The number of para-hydroxylation sites is 1. The number of fused-ring (bicyclic) bond motifs is 1. The molecular formula is C18H13F3N6. The van der Waals surface area contributed by atoms with Crippen LogP contribution in [0.3, 0.4) is 0 Å². The van der Waals surface area contributed by atoms with Gasteiger partial charge in [-0.15, -0.1) is 10.2 Å². The van der Waals surface area contributed by atoms with Crippen molar-refractivity contribution in [2.24, 2.45) is 0 Å². The molecular weight excluding hydrogens is 357 g/mol. The highest BCUT2D eigenvalue weighted by molar-refractivity contribution is 5.91. The Balaban J connectivity index is 1.77. The summed E-state index contributed by atoms with van der Waals surface area (Å²) in [7, 11) is 0. The van der Waals surface area contributed by atoms with Crippen molar-refractivity contribution in [3.05, 3.63) is 59.8 Å². The number of hydrogen-bond acceptors (Lipinski definition) is 5. The van der Waals surface area contributed by atoms with Gasteiger partial charge >= 0.3 is 6.18 Å². The number of alkyl halides is 3. The van der Waals surface area contributed by atoms with Crippen molar-refractivity contribution in [3.8, 4) is 11.4 Å². The van der Waals surface area contributed by atoms with E-state index in [0.717, 1.165) is 17.0 Å². The molecule has 0 saturated carbocycles. The summed E-state index contributed by atoms with van der Waals surface area (Å²) in [5.74, 6) is 0.675. The van der Waals surface area contributed by atoms with Crippen molar-refractivity contribution in [1.29, 1.82) is 0 Å². The molecule has 0 aliphatic heterocycles. The maximum absolute atomic E-state index is 13.3. The van der Waals surface area contributed by atoms with Gasteiger partial charge in [-0.3, -0.25) is 5.10 Å². The summed E-state index contributed by atoms with van der Waals surface area (Å²) in [6.45, 7) is 1.66. The van der Waals surface area contributed by atoms with Crippen LogP contribution in [-0.2, 0) is 6.18 Å². The molecule has 0 fully saturated rings. The summed E-state index contributed by atoms with van der Waals surface area (Å²) < 4.78 is 39.9. The van der Waals surface area contributed by atoms with Crippen LogP contribution in [0, 0.1) is 6.92 Å². The average Bonchev–Trinajstić information content (AvgIpc) is 3.06. The molecule has 2 aromatic heterocycles. The topological polar surface area (TPSA) is 79.4 Å². The first-order valence-corrected chi connectivity index (χ1v) is 8.01. The van der Waals surface area contributed by atoms with Gasteiger partial charge in [0.2, 0.25) is 0 Å². The van der Waals surface area contributed by atoms with Gasteiger partial charge in [-0.25, -0.2) is 4.98 Å². The van der Waals surface area contributed by atoms with E-state index < -0.39 is 11.7 Å². The summed E-state index contributed by atoms with van der Waals surface area (Å²) in [5, 5.41) is 18.7. The molecule has 0 radical (unpaired) electrons. The van der Waals surface area contributed by atoms with Crippen LogP contribution in [0.25, 0.3) is 22.3 Å². The second-order valence-electron chi connectivity index (χ2n) is 5.86. The first-order valence-electron chi connectivity index (χ1n) is 8.01. The maximum atomic E-state index is 13.3. The van der Waals surface area contributed by atoms with E-state index >= 15 is 0 Å². The third-order valence-electron chi connectivity index (χ3n) is 4.04. The summed E-state index contributed by atoms with van der Waals surface area (Å²) in [6.07, 6.45) is -4.52. The van der Waals surface area contributed by atoms with E-state index in [4.69, 9.17) is 0 Å².